The molecule has 0 aromatic heterocycles. The van der Waals surface area contributed by atoms with Gasteiger partial charge in [-0.1, -0.05) is 17.7 Å². The van der Waals surface area contributed by atoms with Crippen LogP contribution in [0, 0.1) is 6.92 Å². The molecule has 5 heteroatoms. The van der Waals surface area contributed by atoms with Gasteiger partial charge in [0.1, 0.15) is 12.6 Å². The number of benzene rings is 1. The molecular formula is C14H20N2O3. The van der Waals surface area contributed by atoms with Gasteiger partial charge >= 0.3 is 5.97 Å². The number of aliphatic carboxylic acids is 1. The number of amides is 1. The molecular weight excluding hydrogens is 244 g/mol. The van der Waals surface area contributed by atoms with Crippen molar-refractivity contribution in [2.45, 2.75) is 19.9 Å². The number of carboxylic acid groups (broad SMARTS) is 1. The Morgan fingerprint density at radius 1 is 1.21 bits per heavy atom. The molecule has 0 bridgehead atoms. The van der Waals surface area contributed by atoms with E-state index in [9.17, 15) is 9.59 Å². The highest BCUT2D eigenvalue weighted by Crippen LogP contribution is 2.18. The summed E-state index contributed by atoms with van der Waals surface area (Å²) in [5.41, 5.74) is 1.82. The standard InChI is InChI=1S/C14H20N2O3/c1-10-5-7-12(8-6-10)16(9-13(17)18)11(2)14(19)15(3)4/h5-8,11H,9H2,1-4H3,(H,17,18). The van der Waals surface area contributed by atoms with E-state index in [0.29, 0.717) is 0 Å². The number of carboxylic acids is 1. The van der Waals surface area contributed by atoms with Crippen molar-refractivity contribution in [1.29, 1.82) is 0 Å². The van der Waals surface area contributed by atoms with Gasteiger partial charge < -0.3 is 14.9 Å². The Morgan fingerprint density at radius 2 is 1.74 bits per heavy atom. The fraction of sp³-hybridized carbons (Fsp3) is 0.429. The molecule has 104 valence electrons. The molecule has 0 fully saturated rings. The molecule has 1 rings (SSSR count). The van der Waals surface area contributed by atoms with Gasteiger partial charge in [-0.2, -0.15) is 0 Å². The quantitative estimate of drug-likeness (QED) is 0.872. The van der Waals surface area contributed by atoms with Gasteiger partial charge in [0.25, 0.3) is 0 Å². The average Bonchev–Trinajstić information content (AvgIpc) is 2.35. The van der Waals surface area contributed by atoms with Crippen molar-refractivity contribution in [2.75, 3.05) is 25.5 Å². The van der Waals surface area contributed by atoms with Gasteiger partial charge in [-0.05, 0) is 26.0 Å². The lowest BCUT2D eigenvalue weighted by molar-refractivity contribution is -0.135. The third-order valence-corrected chi connectivity index (χ3v) is 2.94. The van der Waals surface area contributed by atoms with Crippen LogP contribution in [0.3, 0.4) is 0 Å². The number of likely N-dealkylation sites (N-methyl/N-ethyl adjacent to an activating group) is 1. The molecule has 0 spiro atoms. The molecule has 0 aliphatic carbocycles. The smallest absolute Gasteiger partial charge is 0.323 e. The van der Waals surface area contributed by atoms with Gasteiger partial charge in [0.15, 0.2) is 0 Å². The number of rotatable bonds is 5. The Labute approximate surface area is 113 Å². The zero-order valence-corrected chi connectivity index (χ0v) is 11.8. The summed E-state index contributed by atoms with van der Waals surface area (Å²) in [6.07, 6.45) is 0. The van der Waals surface area contributed by atoms with E-state index in [4.69, 9.17) is 5.11 Å². The van der Waals surface area contributed by atoms with Crippen LogP contribution in [0.4, 0.5) is 5.69 Å². The Morgan fingerprint density at radius 3 is 2.16 bits per heavy atom. The van der Waals surface area contributed by atoms with Crippen molar-refractivity contribution in [3.63, 3.8) is 0 Å². The number of anilines is 1. The summed E-state index contributed by atoms with van der Waals surface area (Å²) >= 11 is 0. The number of nitrogens with zero attached hydrogens (tertiary/aromatic N) is 2. The van der Waals surface area contributed by atoms with E-state index in [-0.39, 0.29) is 12.5 Å². The van der Waals surface area contributed by atoms with E-state index < -0.39 is 12.0 Å². The van der Waals surface area contributed by atoms with Gasteiger partial charge in [-0.15, -0.1) is 0 Å². The van der Waals surface area contributed by atoms with Gasteiger partial charge in [-0.25, -0.2) is 0 Å². The van der Waals surface area contributed by atoms with E-state index in [1.807, 2.05) is 31.2 Å². The Balaban J connectivity index is 3.03. The van der Waals surface area contributed by atoms with Crippen LogP contribution in [0.5, 0.6) is 0 Å². The van der Waals surface area contributed by atoms with Crippen LogP contribution < -0.4 is 4.90 Å². The summed E-state index contributed by atoms with van der Waals surface area (Å²) in [5.74, 6) is -1.08. The van der Waals surface area contributed by atoms with E-state index in [1.54, 1.807) is 25.9 Å². The monoisotopic (exact) mass is 264 g/mol. The predicted octanol–water partition coefficient (Wildman–Crippen LogP) is 1.36. The molecule has 19 heavy (non-hydrogen) atoms. The lowest BCUT2D eigenvalue weighted by Gasteiger charge is -2.30. The number of hydrogen-bond donors (Lipinski definition) is 1. The second kappa shape index (κ2) is 6.22. The van der Waals surface area contributed by atoms with Gasteiger partial charge in [-0.3, -0.25) is 9.59 Å². The average molecular weight is 264 g/mol. The number of hydrogen-bond acceptors (Lipinski definition) is 3. The normalized spacial score (nSPS) is 11.8. The van der Waals surface area contributed by atoms with E-state index in [0.717, 1.165) is 11.3 Å². The van der Waals surface area contributed by atoms with Crippen molar-refractivity contribution in [3.8, 4) is 0 Å². The second-order valence-corrected chi connectivity index (χ2v) is 4.77. The van der Waals surface area contributed by atoms with Gasteiger partial charge in [0.2, 0.25) is 5.91 Å². The molecule has 0 heterocycles. The zero-order chi connectivity index (χ0) is 14.6. The molecule has 1 atom stereocenters. The van der Waals surface area contributed by atoms with Crippen molar-refractivity contribution in [1.82, 2.24) is 4.90 Å². The Bertz CT molecular complexity index is 454. The van der Waals surface area contributed by atoms with Crippen molar-refractivity contribution in [3.05, 3.63) is 29.8 Å². The van der Waals surface area contributed by atoms with Crippen LogP contribution in [0.1, 0.15) is 12.5 Å². The third kappa shape index (κ3) is 3.98. The fourth-order valence-corrected chi connectivity index (χ4v) is 1.84. The van der Waals surface area contributed by atoms with Crippen LogP contribution in [0.25, 0.3) is 0 Å². The Hall–Kier alpha value is -2.04. The first-order chi connectivity index (χ1) is 8.82. The zero-order valence-electron chi connectivity index (χ0n) is 11.8. The van der Waals surface area contributed by atoms with Gasteiger partial charge in [0.05, 0.1) is 0 Å². The molecule has 1 aromatic carbocycles. The van der Waals surface area contributed by atoms with Crippen LogP contribution in [0.15, 0.2) is 24.3 Å². The van der Waals surface area contributed by atoms with Crippen LogP contribution in [0.2, 0.25) is 0 Å². The first kappa shape index (κ1) is 15.0. The number of aryl methyl sites for hydroxylation is 1. The van der Waals surface area contributed by atoms with Crippen LogP contribution in [-0.2, 0) is 9.59 Å². The van der Waals surface area contributed by atoms with E-state index >= 15 is 0 Å². The van der Waals surface area contributed by atoms with Gasteiger partial charge in [0, 0.05) is 19.8 Å². The first-order valence-electron chi connectivity index (χ1n) is 6.09. The summed E-state index contributed by atoms with van der Waals surface area (Å²) in [6.45, 7) is 3.47. The van der Waals surface area contributed by atoms with E-state index in [2.05, 4.69) is 0 Å². The number of carbonyl (C=O) groups is 2. The third-order valence-electron chi connectivity index (χ3n) is 2.94. The maximum absolute atomic E-state index is 12.0. The largest absolute Gasteiger partial charge is 0.480 e. The minimum Gasteiger partial charge on any atom is -0.480 e. The summed E-state index contributed by atoms with van der Waals surface area (Å²) < 4.78 is 0. The molecule has 0 radical (unpaired) electrons. The molecule has 0 saturated carbocycles. The number of carbonyl (C=O) groups excluding carboxylic acids is 1. The minimum atomic E-state index is -0.959. The first-order valence-corrected chi connectivity index (χ1v) is 6.09. The summed E-state index contributed by atoms with van der Waals surface area (Å²) in [7, 11) is 3.32. The minimum absolute atomic E-state index is 0.123. The molecule has 1 aromatic rings. The highest BCUT2D eigenvalue weighted by atomic mass is 16.4. The summed E-state index contributed by atoms with van der Waals surface area (Å²) in [5, 5.41) is 9.00. The lowest BCUT2D eigenvalue weighted by Crippen LogP contribution is -2.46. The Kier molecular flexibility index (Phi) is 4.92. The van der Waals surface area contributed by atoms with Crippen LogP contribution in [-0.4, -0.2) is 48.6 Å². The van der Waals surface area contributed by atoms with E-state index in [1.165, 1.54) is 4.90 Å². The summed E-state index contributed by atoms with van der Waals surface area (Å²) in [6, 6.07) is 6.94. The lowest BCUT2D eigenvalue weighted by atomic mass is 10.1. The van der Waals surface area contributed by atoms with Crippen LogP contribution >= 0.6 is 0 Å². The van der Waals surface area contributed by atoms with Crippen molar-refractivity contribution < 1.29 is 14.7 Å². The molecule has 0 aliphatic rings. The van der Waals surface area contributed by atoms with Crippen molar-refractivity contribution >= 4 is 17.6 Å². The second-order valence-electron chi connectivity index (χ2n) is 4.77. The maximum Gasteiger partial charge on any atom is 0.323 e. The predicted molar refractivity (Wildman–Crippen MR) is 74.3 cm³/mol. The molecule has 0 saturated heterocycles. The highest BCUT2D eigenvalue weighted by molar-refractivity contribution is 5.86. The highest BCUT2D eigenvalue weighted by Gasteiger charge is 2.24. The molecule has 0 aliphatic heterocycles. The maximum atomic E-state index is 12.0. The topological polar surface area (TPSA) is 60.9 Å². The molecule has 1 amide bonds. The van der Waals surface area contributed by atoms with Crippen molar-refractivity contribution in [2.24, 2.45) is 0 Å². The summed E-state index contributed by atoms with van der Waals surface area (Å²) in [4.78, 5) is 26.0. The molecule has 5 nitrogen and oxygen atoms in total. The fourth-order valence-electron chi connectivity index (χ4n) is 1.84. The molecule has 1 unspecified atom stereocenters. The molecule has 1 N–H and O–H groups in total. The SMILES string of the molecule is Cc1ccc(N(CC(=O)O)C(C)C(=O)N(C)C)cc1.